The third-order valence-electron chi connectivity index (χ3n) is 2.93. The minimum absolute atomic E-state index is 0.0137. The van der Waals surface area contributed by atoms with Gasteiger partial charge in [-0.2, -0.15) is 0 Å². The molecule has 0 bridgehead atoms. The van der Waals surface area contributed by atoms with Gasteiger partial charge in [0.05, 0.1) is 5.69 Å². The first-order valence-corrected chi connectivity index (χ1v) is 7.86. The number of unbranched alkanes of at least 4 members (excludes halogenated alkanes) is 2. The van der Waals surface area contributed by atoms with Crippen LogP contribution >= 0.6 is 0 Å². The number of halogens is 1. The molecule has 130 valence electrons. The summed E-state index contributed by atoms with van der Waals surface area (Å²) in [6.07, 6.45) is 2.75. The Labute approximate surface area is 137 Å². The molecule has 6 heteroatoms. The average Bonchev–Trinajstić information content (AvgIpc) is 2.43. The number of nitrogens with one attached hydrogen (secondary N) is 1. The standard InChI is InChI=1S/C17H27FN2O3/c1-17(2,3)23-16(21)12-22-10-6-4-5-9-20-13-7-8-15(19)14(18)11-13/h7-8,11,20H,4-6,9-10,12,19H2,1-3H3. The van der Waals surface area contributed by atoms with Crippen molar-refractivity contribution in [3.05, 3.63) is 24.0 Å². The van der Waals surface area contributed by atoms with Crippen molar-refractivity contribution in [2.75, 3.05) is 30.8 Å². The Bertz CT molecular complexity index is 501. The summed E-state index contributed by atoms with van der Waals surface area (Å²) in [5.74, 6) is -0.755. The fraction of sp³-hybridized carbons (Fsp3) is 0.588. The molecule has 23 heavy (non-hydrogen) atoms. The molecule has 0 unspecified atom stereocenters. The molecule has 0 spiro atoms. The van der Waals surface area contributed by atoms with Crippen LogP contribution in [0.2, 0.25) is 0 Å². The van der Waals surface area contributed by atoms with Crippen LogP contribution in [0.15, 0.2) is 18.2 Å². The van der Waals surface area contributed by atoms with Gasteiger partial charge in [-0.3, -0.25) is 0 Å². The molecule has 3 N–H and O–H groups in total. The van der Waals surface area contributed by atoms with Crippen LogP contribution in [-0.2, 0) is 14.3 Å². The number of hydrogen-bond acceptors (Lipinski definition) is 5. The van der Waals surface area contributed by atoms with Gasteiger partial charge < -0.3 is 20.5 Å². The van der Waals surface area contributed by atoms with E-state index in [1.54, 1.807) is 12.1 Å². The molecule has 0 aliphatic carbocycles. The predicted molar refractivity (Wildman–Crippen MR) is 89.8 cm³/mol. The average molecular weight is 326 g/mol. The Kier molecular flexibility index (Phi) is 7.81. The zero-order valence-electron chi connectivity index (χ0n) is 14.2. The Hall–Kier alpha value is -1.82. The third kappa shape index (κ3) is 9.03. The van der Waals surface area contributed by atoms with E-state index in [1.165, 1.54) is 6.07 Å². The summed E-state index contributed by atoms with van der Waals surface area (Å²) in [5, 5.41) is 3.14. The third-order valence-corrected chi connectivity index (χ3v) is 2.93. The molecule has 0 saturated heterocycles. The Morgan fingerprint density at radius 3 is 2.65 bits per heavy atom. The van der Waals surface area contributed by atoms with Crippen molar-refractivity contribution in [3.63, 3.8) is 0 Å². The number of esters is 1. The Balaban J connectivity index is 2.01. The van der Waals surface area contributed by atoms with Crippen LogP contribution < -0.4 is 11.1 Å². The van der Waals surface area contributed by atoms with Gasteiger partial charge >= 0.3 is 5.97 Å². The number of ether oxygens (including phenoxy) is 2. The van der Waals surface area contributed by atoms with Crippen molar-refractivity contribution in [3.8, 4) is 0 Å². The zero-order chi connectivity index (χ0) is 17.3. The SMILES string of the molecule is CC(C)(C)OC(=O)COCCCCCNc1ccc(N)c(F)c1. The summed E-state index contributed by atoms with van der Waals surface area (Å²) in [4.78, 5) is 11.4. The van der Waals surface area contributed by atoms with Gasteiger partial charge in [-0.05, 0) is 58.2 Å². The van der Waals surface area contributed by atoms with Gasteiger partial charge in [-0.25, -0.2) is 9.18 Å². The van der Waals surface area contributed by atoms with E-state index in [-0.39, 0.29) is 18.3 Å². The van der Waals surface area contributed by atoms with Crippen LogP contribution in [0.25, 0.3) is 0 Å². The van der Waals surface area contributed by atoms with Crippen LogP contribution in [0.1, 0.15) is 40.0 Å². The number of nitrogens with two attached hydrogens (primary N) is 1. The van der Waals surface area contributed by atoms with E-state index in [2.05, 4.69) is 5.32 Å². The normalized spacial score (nSPS) is 11.3. The molecule has 1 aromatic carbocycles. The summed E-state index contributed by atoms with van der Waals surface area (Å²) in [6.45, 7) is 6.73. The highest BCUT2D eigenvalue weighted by molar-refractivity contribution is 5.71. The van der Waals surface area contributed by atoms with Crippen molar-refractivity contribution in [2.45, 2.75) is 45.6 Å². The van der Waals surface area contributed by atoms with E-state index in [0.29, 0.717) is 6.61 Å². The lowest BCUT2D eigenvalue weighted by Gasteiger charge is -2.19. The minimum Gasteiger partial charge on any atom is -0.458 e. The fourth-order valence-corrected chi connectivity index (χ4v) is 1.90. The van der Waals surface area contributed by atoms with Crippen LogP contribution in [0.3, 0.4) is 0 Å². The summed E-state index contributed by atoms with van der Waals surface area (Å²) < 4.78 is 23.7. The topological polar surface area (TPSA) is 73.6 Å². The van der Waals surface area contributed by atoms with Gasteiger partial charge in [0.1, 0.15) is 18.0 Å². The smallest absolute Gasteiger partial charge is 0.332 e. The number of anilines is 2. The Morgan fingerprint density at radius 2 is 2.00 bits per heavy atom. The molecular formula is C17H27FN2O3. The van der Waals surface area contributed by atoms with Gasteiger partial charge in [0.2, 0.25) is 0 Å². The van der Waals surface area contributed by atoms with E-state index < -0.39 is 11.4 Å². The molecule has 0 saturated carbocycles. The zero-order valence-corrected chi connectivity index (χ0v) is 14.2. The highest BCUT2D eigenvalue weighted by Gasteiger charge is 2.15. The highest BCUT2D eigenvalue weighted by Crippen LogP contribution is 2.15. The second kappa shape index (κ2) is 9.35. The maximum atomic E-state index is 13.2. The number of benzene rings is 1. The number of rotatable bonds is 9. The van der Waals surface area contributed by atoms with Crippen molar-refractivity contribution < 1.29 is 18.7 Å². The van der Waals surface area contributed by atoms with Gasteiger partial charge in [-0.15, -0.1) is 0 Å². The van der Waals surface area contributed by atoms with Crippen LogP contribution in [0.4, 0.5) is 15.8 Å². The molecule has 0 aliphatic heterocycles. The fourth-order valence-electron chi connectivity index (χ4n) is 1.90. The van der Waals surface area contributed by atoms with Gasteiger partial charge in [0, 0.05) is 18.8 Å². The van der Waals surface area contributed by atoms with Crippen molar-refractivity contribution >= 4 is 17.3 Å². The summed E-state index contributed by atoms with van der Waals surface area (Å²) in [7, 11) is 0. The van der Waals surface area contributed by atoms with Crippen molar-refractivity contribution in [1.82, 2.24) is 0 Å². The molecule has 0 amide bonds. The maximum absolute atomic E-state index is 13.2. The molecule has 0 heterocycles. The monoisotopic (exact) mass is 326 g/mol. The lowest BCUT2D eigenvalue weighted by molar-refractivity contribution is -0.160. The predicted octanol–water partition coefficient (Wildman–Crippen LogP) is 3.35. The number of nitrogen functional groups attached to an aromatic ring is 1. The molecule has 1 aromatic rings. The van der Waals surface area contributed by atoms with E-state index in [4.69, 9.17) is 15.2 Å². The second-order valence-electron chi connectivity index (χ2n) is 6.36. The van der Waals surface area contributed by atoms with Crippen LogP contribution in [0, 0.1) is 5.82 Å². The number of hydrogen-bond donors (Lipinski definition) is 2. The second-order valence-corrected chi connectivity index (χ2v) is 6.36. The van der Waals surface area contributed by atoms with E-state index >= 15 is 0 Å². The van der Waals surface area contributed by atoms with Crippen molar-refractivity contribution in [1.29, 1.82) is 0 Å². The lowest BCUT2D eigenvalue weighted by atomic mass is 10.2. The van der Waals surface area contributed by atoms with E-state index in [0.717, 1.165) is 31.5 Å². The Morgan fingerprint density at radius 1 is 1.26 bits per heavy atom. The highest BCUT2D eigenvalue weighted by atomic mass is 19.1. The molecule has 5 nitrogen and oxygen atoms in total. The quantitative estimate of drug-likeness (QED) is 0.413. The van der Waals surface area contributed by atoms with E-state index in [9.17, 15) is 9.18 Å². The molecule has 0 atom stereocenters. The molecular weight excluding hydrogens is 299 g/mol. The lowest BCUT2D eigenvalue weighted by Crippen LogP contribution is -2.26. The van der Waals surface area contributed by atoms with Crippen LogP contribution in [-0.4, -0.2) is 31.3 Å². The maximum Gasteiger partial charge on any atom is 0.332 e. The number of carbonyl (C=O) groups is 1. The van der Waals surface area contributed by atoms with Crippen molar-refractivity contribution in [2.24, 2.45) is 0 Å². The first-order valence-electron chi connectivity index (χ1n) is 7.86. The number of carbonyl (C=O) groups excluding carboxylic acids is 1. The summed E-state index contributed by atoms with van der Waals surface area (Å²) >= 11 is 0. The molecule has 0 fully saturated rings. The summed E-state index contributed by atoms with van der Waals surface area (Å²) in [6, 6.07) is 4.68. The molecule has 0 radical (unpaired) electrons. The minimum atomic E-state index is -0.478. The van der Waals surface area contributed by atoms with Crippen LogP contribution in [0.5, 0.6) is 0 Å². The van der Waals surface area contributed by atoms with Gasteiger partial charge in [0.15, 0.2) is 0 Å². The van der Waals surface area contributed by atoms with Gasteiger partial charge in [-0.1, -0.05) is 0 Å². The molecule has 1 rings (SSSR count). The van der Waals surface area contributed by atoms with E-state index in [1.807, 2.05) is 20.8 Å². The molecule has 0 aliphatic rings. The molecule has 0 aromatic heterocycles. The summed E-state index contributed by atoms with van der Waals surface area (Å²) in [5.41, 5.74) is 5.81. The first-order chi connectivity index (χ1) is 10.8. The van der Waals surface area contributed by atoms with Gasteiger partial charge in [0.25, 0.3) is 0 Å². The largest absolute Gasteiger partial charge is 0.458 e. The first kappa shape index (κ1) is 19.2.